The van der Waals surface area contributed by atoms with Crippen molar-refractivity contribution in [3.8, 4) is 11.5 Å². The lowest BCUT2D eigenvalue weighted by atomic mass is 9.88. The van der Waals surface area contributed by atoms with Crippen LogP contribution in [0.3, 0.4) is 0 Å². The molecule has 3 nitrogen and oxygen atoms in total. The highest BCUT2D eigenvalue weighted by Crippen LogP contribution is 2.39. The van der Waals surface area contributed by atoms with Crippen molar-refractivity contribution >= 4 is 22.9 Å². The maximum atomic E-state index is 12.9. The van der Waals surface area contributed by atoms with Gasteiger partial charge in [0.1, 0.15) is 18.1 Å². The van der Waals surface area contributed by atoms with E-state index in [2.05, 4.69) is 24.0 Å². The maximum absolute atomic E-state index is 12.9. The third-order valence-electron chi connectivity index (χ3n) is 6.84. The second-order valence-corrected chi connectivity index (χ2v) is 11.3. The Morgan fingerprint density at radius 3 is 1.98 bits per heavy atom. The summed E-state index contributed by atoms with van der Waals surface area (Å²) in [4.78, 5) is 2.10. The number of aromatic hydroxyl groups is 1. The summed E-state index contributed by atoms with van der Waals surface area (Å²) in [5, 5.41) is 9.83. The van der Waals surface area contributed by atoms with E-state index in [0.717, 1.165) is 47.4 Å². The number of halogens is 5. The van der Waals surface area contributed by atoms with E-state index in [1.54, 1.807) is 12.1 Å². The third kappa shape index (κ3) is 10.1. The second kappa shape index (κ2) is 16.0. The maximum Gasteiger partial charge on any atom is 0.453 e. The van der Waals surface area contributed by atoms with Gasteiger partial charge in [0.25, 0.3) is 0 Å². The van der Waals surface area contributed by atoms with Gasteiger partial charge in [-0.25, -0.2) is 0 Å². The number of phenols is 1. The molecule has 1 N–H and O–H groups in total. The number of ether oxygens (including phenoxy) is 1. The number of benzene rings is 3. The van der Waals surface area contributed by atoms with E-state index in [0.29, 0.717) is 18.9 Å². The van der Waals surface area contributed by atoms with Crippen LogP contribution in [0.25, 0.3) is 11.1 Å². The van der Waals surface area contributed by atoms with Gasteiger partial charge in [-0.1, -0.05) is 61.5 Å². The van der Waals surface area contributed by atoms with Crippen LogP contribution in [0.2, 0.25) is 0 Å². The average Bonchev–Trinajstić information content (AvgIpc) is 2.96. The summed E-state index contributed by atoms with van der Waals surface area (Å²) < 4.78 is 68.5. The van der Waals surface area contributed by atoms with Crippen molar-refractivity contribution in [2.75, 3.05) is 38.2 Å². The minimum absolute atomic E-state index is 0.169. The fraction of sp³-hybridized carbons (Fsp3) is 0.394. The summed E-state index contributed by atoms with van der Waals surface area (Å²) in [7, 11) is 1.96. The number of phenolic OH excluding ortho intramolecular Hbond substituents is 1. The van der Waals surface area contributed by atoms with E-state index in [4.69, 9.17) is 4.74 Å². The molecule has 0 heterocycles. The van der Waals surface area contributed by atoms with Gasteiger partial charge >= 0.3 is 12.1 Å². The van der Waals surface area contributed by atoms with Gasteiger partial charge in [-0.05, 0) is 96.5 Å². The van der Waals surface area contributed by atoms with Gasteiger partial charge in [0, 0.05) is 13.0 Å². The summed E-state index contributed by atoms with van der Waals surface area (Å²) in [6.45, 7) is 4.08. The van der Waals surface area contributed by atoms with Crippen molar-refractivity contribution in [2.45, 2.75) is 44.7 Å². The highest BCUT2D eigenvalue weighted by Gasteiger charge is 2.56. The van der Waals surface area contributed by atoms with Gasteiger partial charge in [0.05, 0.1) is 0 Å². The molecule has 0 radical (unpaired) electrons. The highest BCUT2D eigenvalue weighted by atomic mass is 32.2. The van der Waals surface area contributed by atoms with E-state index in [9.17, 15) is 27.1 Å². The summed E-state index contributed by atoms with van der Waals surface area (Å²) >= 11 is 1.40. The molecule has 42 heavy (non-hydrogen) atoms. The van der Waals surface area contributed by atoms with Crippen LogP contribution in [0.5, 0.6) is 11.5 Å². The van der Waals surface area contributed by atoms with Crippen LogP contribution in [0, 0.1) is 0 Å². The van der Waals surface area contributed by atoms with E-state index in [1.807, 2.05) is 61.6 Å². The standard InChI is InChI=1S/C33H38F5NO2S/c1-3-30(25-9-5-4-6-10-25)31(26-11-15-28(40)16-12-26)27-13-17-29(18-14-27)41-22-21-39(2)20-8-24-42-23-7-19-32(34,35)33(36,37)38/h4-6,9-18,40H,3,7-8,19-24H2,1-2H3/b31-30+. The zero-order valence-corrected chi connectivity index (χ0v) is 24.8. The van der Waals surface area contributed by atoms with Crippen LogP contribution in [-0.2, 0) is 0 Å². The summed E-state index contributed by atoms with van der Waals surface area (Å²) in [6.07, 6.45) is -5.17. The molecule has 228 valence electrons. The molecule has 3 rings (SSSR count). The SMILES string of the molecule is CC/C(=C(/c1ccc(O)cc1)c1ccc(OCCN(C)CCCSCCCC(F)(F)C(F)(F)F)cc1)c1ccccc1. The first-order chi connectivity index (χ1) is 20.0. The molecule has 3 aromatic rings. The quantitative estimate of drug-likeness (QED) is 0.100. The van der Waals surface area contributed by atoms with Crippen molar-refractivity contribution in [1.29, 1.82) is 0 Å². The molecule has 3 aromatic carbocycles. The Labute approximate surface area is 249 Å². The fourth-order valence-corrected chi connectivity index (χ4v) is 5.42. The third-order valence-corrected chi connectivity index (χ3v) is 8.00. The molecule has 0 aromatic heterocycles. The average molecular weight is 608 g/mol. The van der Waals surface area contributed by atoms with Gasteiger partial charge in [-0.15, -0.1) is 0 Å². The number of allylic oxidation sites excluding steroid dienone is 1. The van der Waals surface area contributed by atoms with Crippen LogP contribution in [-0.4, -0.2) is 60.4 Å². The number of hydrogen-bond acceptors (Lipinski definition) is 4. The number of nitrogens with zero attached hydrogens (tertiary/aromatic N) is 1. The number of likely N-dealkylation sites (N-methyl/N-ethyl adjacent to an activating group) is 1. The molecule has 0 bridgehead atoms. The first-order valence-corrected chi connectivity index (χ1v) is 15.2. The molecule has 0 spiro atoms. The Hall–Kier alpha value is -3.04. The molecule has 0 fully saturated rings. The largest absolute Gasteiger partial charge is 0.508 e. The first-order valence-electron chi connectivity index (χ1n) is 14.0. The predicted octanol–water partition coefficient (Wildman–Crippen LogP) is 9.17. The Kier molecular flexibility index (Phi) is 12.7. The molecule has 0 atom stereocenters. The smallest absolute Gasteiger partial charge is 0.453 e. The number of hydrogen-bond donors (Lipinski definition) is 1. The van der Waals surface area contributed by atoms with Gasteiger partial charge in [-0.3, -0.25) is 0 Å². The number of thioether (sulfide) groups is 1. The Morgan fingerprint density at radius 2 is 1.38 bits per heavy atom. The van der Waals surface area contributed by atoms with Crippen LogP contribution in [0.4, 0.5) is 22.0 Å². The molecule has 0 saturated heterocycles. The predicted molar refractivity (Wildman–Crippen MR) is 162 cm³/mol. The van der Waals surface area contributed by atoms with Gasteiger partial charge in [0.15, 0.2) is 0 Å². The Morgan fingerprint density at radius 1 is 0.786 bits per heavy atom. The van der Waals surface area contributed by atoms with Crippen molar-refractivity contribution in [3.05, 3.63) is 95.6 Å². The Balaban J connectivity index is 1.49. The summed E-state index contributed by atoms with van der Waals surface area (Å²) in [5.74, 6) is -2.66. The molecule has 0 aliphatic heterocycles. The van der Waals surface area contributed by atoms with Gasteiger partial charge < -0.3 is 14.7 Å². The lowest BCUT2D eigenvalue weighted by Crippen LogP contribution is -2.36. The second-order valence-electron chi connectivity index (χ2n) is 10.1. The Bertz CT molecular complexity index is 1250. The lowest BCUT2D eigenvalue weighted by molar-refractivity contribution is -0.284. The first kappa shape index (κ1) is 33.5. The van der Waals surface area contributed by atoms with Crippen molar-refractivity contribution in [3.63, 3.8) is 0 Å². The van der Waals surface area contributed by atoms with Crippen molar-refractivity contribution in [2.24, 2.45) is 0 Å². The zero-order valence-electron chi connectivity index (χ0n) is 24.0. The molecule has 0 unspecified atom stereocenters. The number of alkyl halides is 5. The number of rotatable bonds is 16. The molecular weight excluding hydrogens is 569 g/mol. The van der Waals surface area contributed by atoms with Crippen LogP contribution in [0.15, 0.2) is 78.9 Å². The normalized spacial score (nSPS) is 12.9. The molecule has 0 saturated carbocycles. The van der Waals surface area contributed by atoms with Crippen LogP contribution in [0.1, 0.15) is 49.3 Å². The molecular formula is C33H38F5NO2S. The van der Waals surface area contributed by atoms with E-state index < -0.39 is 18.5 Å². The van der Waals surface area contributed by atoms with Gasteiger partial charge in [-0.2, -0.15) is 33.7 Å². The van der Waals surface area contributed by atoms with Crippen molar-refractivity contribution in [1.82, 2.24) is 4.90 Å². The molecule has 0 aliphatic carbocycles. The molecule has 0 aliphatic rings. The van der Waals surface area contributed by atoms with Crippen molar-refractivity contribution < 1.29 is 31.8 Å². The molecule has 0 amide bonds. The zero-order chi connectivity index (χ0) is 30.6. The minimum Gasteiger partial charge on any atom is -0.508 e. The van der Waals surface area contributed by atoms with Crippen LogP contribution < -0.4 is 4.74 Å². The van der Waals surface area contributed by atoms with E-state index in [1.165, 1.54) is 17.3 Å². The topological polar surface area (TPSA) is 32.7 Å². The van der Waals surface area contributed by atoms with E-state index in [-0.39, 0.29) is 17.9 Å². The summed E-state index contributed by atoms with van der Waals surface area (Å²) in [6, 6.07) is 25.5. The van der Waals surface area contributed by atoms with Gasteiger partial charge in [0.2, 0.25) is 0 Å². The van der Waals surface area contributed by atoms with E-state index >= 15 is 0 Å². The fourth-order valence-electron chi connectivity index (χ4n) is 4.53. The highest BCUT2D eigenvalue weighted by molar-refractivity contribution is 7.99. The molecule has 9 heteroatoms. The lowest BCUT2D eigenvalue weighted by Gasteiger charge is -2.19. The minimum atomic E-state index is -5.47. The summed E-state index contributed by atoms with van der Waals surface area (Å²) in [5.41, 5.74) is 5.51. The van der Waals surface area contributed by atoms with Crippen LogP contribution >= 0.6 is 11.8 Å². The monoisotopic (exact) mass is 607 g/mol.